The number of hydrogen-bond acceptors (Lipinski definition) is 11. The van der Waals surface area contributed by atoms with Gasteiger partial charge in [0.05, 0.1) is 28.8 Å². The number of pyridine rings is 1. The maximum atomic E-state index is 15.0. The van der Waals surface area contributed by atoms with Gasteiger partial charge in [-0.25, -0.2) is 18.2 Å². The fourth-order valence-electron chi connectivity index (χ4n) is 9.63. The number of alkyl carbamates (subject to hydrolysis) is 1. The molecular weight excluding hydrogens is 803 g/mol. The molecule has 16 heteroatoms. The van der Waals surface area contributed by atoms with Crippen molar-refractivity contribution in [3.05, 3.63) is 54.6 Å². The topological polar surface area (TPSA) is 199 Å². The third-order valence-corrected chi connectivity index (χ3v) is 15.2. The molecule has 2 bridgehead atoms. The molecule has 61 heavy (non-hydrogen) atoms. The van der Waals surface area contributed by atoms with Crippen LogP contribution in [0.2, 0.25) is 0 Å². The molecule has 3 N–H and O–H groups in total. The monoisotopic (exact) mass is 859 g/mol. The minimum absolute atomic E-state index is 0.0229. The van der Waals surface area contributed by atoms with Gasteiger partial charge >= 0.3 is 12.1 Å². The Hall–Kier alpha value is -4.99. The third-order valence-electron chi connectivity index (χ3n) is 13.4. The zero-order chi connectivity index (χ0) is 43.1. The van der Waals surface area contributed by atoms with Gasteiger partial charge in [-0.3, -0.25) is 23.9 Å². The van der Waals surface area contributed by atoms with Crippen molar-refractivity contribution in [2.45, 2.75) is 139 Å². The van der Waals surface area contributed by atoms with E-state index < -0.39 is 80.6 Å². The van der Waals surface area contributed by atoms with Crippen molar-refractivity contribution in [2.75, 3.05) is 6.54 Å². The van der Waals surface area contributed by atoms with E-state index in [2.05, 4.69) is 28.0 Å². The summed E-state index contributed by atoms with van der Waals surface area (Å²) in [6.45, 7) is 7.25. The number of nitrogens with one attached hydrogen (secondary N) is 3. The van der Waals surface area contributed by atoms with Crippen LogP contribution in [0.4, 0.5) is 4.79 Å². The lowest BCUT2D eigenvalue weighted by Gasteiger charge is -2.32. The molecule has 2 aromatic rings. The Morgan fingerprint density at radius 1 is 1.00 bits per heavy atom. The Kier molecular flexibility index (Phi) is 12.2. The predicted molar refractivity (Wildman–Crippen MR) is 225 cm³/mol. The van der Waals surface area contributed by atoms with E-state index >= 15 is 0 Å². The van der Waals surface area contributed by atoms with Crippen molar-refractivity contribution in [3.8, 4) is 11.6 Å². The first kappa shape index (κ1) is 42.7. The van der Waals surface area contributed by atoms with E-state index in [1.807, 2.05) is 24.3 Å². The number of carbonyl (C=O) groups is 5. The van der Waals surface area contributed by atoms with Crippen LogP contribution < -0.4 is 24.8 Å². The Balaban J connectivity index is 1.17. The first-order chi connectivity index (χ1) is 29.3. The normalized spacial score (nSPS) is 29.7. The van der Waals surface area contributed by atoms with Gasteiger partial charge in [0.2, 0.25) is 27.7 Å². The van der Waals surface area contributed by atoms with Gasteiger partial charge in [0.25, 0.3) is 5.91 Å². The number of benzene rings is 1. The number of carbonyl (C=O) groups excluding carboxylic acids is 5. The SMILES string of the molecule is C=C[C@@H]1C[C@]1(NC(=O)[C@@H]1C[C@@H]2CN1C(=O)[C@H](C1CCCC1)NC(=O)O[C@@H]1CCC[C@H]1CCC=CCc1c(nc3ccccc3c1OC(=O)C(C)C)O2)C(=O)NS(=O)(=O)C1CC1. The number of sulfonamides is 1. The van der Waals surface area contributed by atoms with Gasteiger partial charge in [0.1, 0.15) is 35.6 Å². The smallest absolute Gasteiger partial charge is 0.408 e. The number of hydrogen-bond donors (Lipinski definition) is 3. The van der Waals surface area contributed by atoms with Crippen LogP contribution >= 0.6 is 0 Å². The standard InChI is InChI=1S/C45H57N5O10S/c1-4-29-24-45(29,43(54)49-61(56,57)31-21-22-31)48-39(51)35-23-30-25-50(35)41(52)37(28-14-8-9-15-28)47-44(55)59-36-20-12-16-27(36)13-6-5-7-18-33-38(60-42(53)26(2)3)32-17-10-11-19-34(32)46-40(33)58-30/h4-5,7,10-11,17,19,26-31,35-37H,1,6,8-9,12-16,18,20-25H2,2-3H3,(H,47,55)(H,48,51)(H,49,54)/t27-,29-,30-,35+,36-,37+,45-/m1/s1. The average molecular weight is 860 g/mol. The van der Waals surface area contributed by atoms with E-state index in [4.69, 9.17) is 19.2 Å². The van der Waals surface area contributed by atoms with E-state index in [0.717, 1.165) is 44.9 Å². The number of amides is 4. The molecule has 5 fully saturated rings. The van der Waals surface area contributed by atoms with E-state index in [1.54, 1.807) is 19.9 Å². The van der Waals surface area contributed by atoms with E-state index in [9.17, 15) is 32.4 Å². The summed E-state index contributed by atoms with van der Waals surface area (Å²) in [6.07, 6.45) is 12.3. The maximum Gasteiger partial charge on any atom is 0.408 e. The second-order valence-electron chi connectivity index (χ2n) is 18.0. The molecule has 4 saturated carbocycles. The summed E-state index contributed by atoms with van der Waals surface area (Å²) in [6, 6.07) is 5.12. The highest BCUT2D eigenvalue weighted by molar-refractivity contribution is 7.91. The molecular formula is C45H57N5O10S. The molecule has 4 amide bonds. The predicted octanol–water partition coefficient (Wildman–Crippen LogP) is 5.16. The van der Waals surface area contributed by atoms with Crippen molar-refractivity contribution in [3.63, 3.8) is 0 Å². The van der Waals surface area contributed by atoms with Crippen LogP contribution in [-0.2, 0) is 40.4 Å². The summed E-state index contributed by atoms with van der Waals surface area (Å²) in [5.41, 5.74) is -0.526. The fraction of sp³-hybridized carbons (Fsp3) is 0.600. The van der Waals surface area contributed by atoms with Crippen molar-refractivity contribution in [1.29, 1.82) is 0 Å². The van der Waals surface area contributed by atoms with Crippen LogP contribution in [0, 0.1) is 23.7 Å². The molecule has 328 valence electrons. The van der Waals surface area contributed by atoms with Crippen LogP contribution in [0.3, 0.4) is 0 Å². The number of esters is 1. The summed E-state index contributed by atoms with van der Waals surface area (Å²) in [5, 5.41) is 5.75. The Morgan fingerprint density at radius 3 is 2.48 bits per heavy atom. The summed E-state index contributed by atoms with van der Waals surface area (Å²) in [5.74, 6) is -2.95. The van der Waals surface area contributed by atoms with Gasteiger partial charge in [-0.2, -0.15) is 0 Å². The highest BCUT2D eigenvalue weighted by Gasteiger charge is 2.62. The summed E-state index contributed by atoms with van der Waals surface area (Å²) >= 11 is 0. The Bertz CT molecular complexity index is 2220. The number of rotatable bonds is 9. The molecule has 0 unspecified atom stereocenters. The van der Waals surface area contributed by atoms with E-state index in [1.165, 1.54) is 11.0 Å². The lowest BCUT2D eigenvalue weighted by molar-refractivity contribution is -0.142. The van der Waals surface area contributed by atoms with Gasteiger partial charge in [-0.05, 0) is 94.6 Å². The van der Waals surface area contributed by atoms with Gasteiger partial charge in [0, 0.05) is 17.7 Å². The molecule has 4 aliphatic carbocycles. The molecule has 8 rings (SSSR count). The lowest BCUT2D eigenvalue weighted by Crippen LogP contribution is -2.59. The van der Waals surface area contributed by atoms with Crippen LogP contribution in [0.15, 0.2) is 49.1 Å². The van der Waals surface area contributed by atoms with E-state index in [0.29, 0.717) is 54.3 Å². The van der Waals surface area contributed by atoms with Gasteiger partial charge in [0.15, 0.2) is 0 Å². The molecule has 1 saturated heterocycles. The average Bonchev–Trinajstić information content (AvgIpc) is 4.02. The summed E-state index contributed by atoms with van der Waals surface area (Å²) < 4.78 is 46.8. The van der Waals surface area contributed by atoms with E-state index in [-0.39, 0.29) is 43.2 Å². The van der Waals surface area contributed by atoms with Gasteiger partial charge in [-0.1, -0.05) is 57.0 Å². The second-order valence-corrected chi connectivity index (χ2v) is 20.0. The number of allylic oxidation sites excluding steroid dienone is 2. The molecule has 2 aliphatic heterocycles. The minimum Gasteiger partial charge on any atom is -0.472 e. The van der Waals surface area contributed by atoms with Crippen molar-refractivity contribution in [1.82, 2.24) is 25.2 Å². The van der Waals surface area contributed by atoms with Gasteiger partial charge in [-0.15, -0.1) is 6.58 Å². The summed E-state index contributed by atoms with van der Waals surface area (Å²) in [7, 11) is -3.93. The zero-order valence-corrected chi connectivity index (χ0v) is 35.8. The van der Waals surface area contributed by atoms with Crippen LogP contribution in [0.1, 0.15) is 103 Å². The lowest BCUT2D eigenvalue weighted by atomic mass is 9.96. The van der Waals surface area contributed by atoms with Crippen LogP contribution in [0.5, 0.6) is 11.6 Å². The number of ether oxygens (including phenoxy) is 3. The van der Waals surface area contributed by atoms with Crippen molar-refractivity contribution in [2.24, 2.45) is 23.7 Å². The third kappa shape index (κ3) is 9.01. The largest absolute Gasteiger partial charge is 0.472 e. The quantitative estimate of drug-likeness (QED) is 0.222. The van der Waals surface area contributed by atoms with Crippen molar-refractivity contribution >= 4 is 50.7 Å². The van der Waals surface area contributed by atoms with Gasteiger partial charge < -0.3 is 29.7 Å². The highest BCUT2D eigenvalue weighted by Crippen LogP contribution is 2.46. The highest BCUT2D eigenvalue weighted by atomic mass is 32.2. The molecule has 1 aromatic heterocycles. The zero-order valence-electron chi connectivity index (χ0n) is 34.9. The molecule has 1 aromatic carbocycles. The molecule has 3 heterocycles. The Morgan fingerprint density at radius 2 is 1.75 bits per heavy atom. The fourth-order valence-corrected chi connectivity index (χ4v) is 11.0. The van der Waals surface area contributed by atoms with Crippen LogP contribution in [0.25, 0.3) is 10.9 Å². The first-order valence-corrected chi connectivity index (χ1v) is 23.6. The number of para-hydroxylation sites is 1. The first-order valence-electron chi connectivity index (χ1n) is 22.0. The number of nitrogens with zero attached hydrogens (tertiary/aromatic N) is 2. The van der Waals surface area contributed by atoms with Crippen LogP contribution in [-0.4, -0.2) is 89.7 Å². The molecule has 0 spiro atoms. The Labute approximate surface area is 356 Å². The second kappa shape index (κ2) is 17.4. The number of fused-ring (bicyclic) bond motifs is 5. The number of aromatic nitrogens is 1. The van der Waals surface area contributed by atoms with Crippen molar-refractivity contribution < 1.29 is 46.6 Å². The molecule has 6 aliphatic rings. The molecule has 7 atom stereocenters. The molecule has 0 radical (unpaired) electrons. The maximum absolute atomic E-state index is 15.0. The minimum atomic E-state index is -3.93. The summed E-state index contributed by atoms with van der Waals surface area (Å²) in [4.78, 5) is 76.6. The molecule has 15 nitrogen and oxygen atoms in total.